The first kappa shape index (κ1) is 19.4. The van der Waals surface area contributed by atoms with Gasteiger partial charge in [0, 0.05) is 30.5 Å². The molecule has 0 radical (unpaired) electrons. The Morgan fingerprint density at radius 2 is 2.03 bits per heavy atom. The summed E-state index contributed by atoms with van der Waals surface area (Å²) in [5.74, 6) is 0.502. The standard InChI is InChI=1S/C21H20FN5OS/c22-14-5-6-15(24-11-14)7-8-19(28)18-13-29-21(27-18)9-10-23-12-20-25-16-3-1-2-4-17(16)26-20/h1-6,11,13,23H,7-10,12H2,(H,25,26). The Morgan fingerprint density at radius 1 is 1.14 bits per heavy atom. The molecular weight excluding hydrogens is 389 g/mol. The molecule has 0 atom stereocenters. The Balaban J connectivity index is 1.22. The maximum absolute atomic E-state index is 12.9. The van der Waals surface area contributed by atoms with E-state index in [1.165, 1.54) is 23.6 Å². The molecule has 0 bridgehead atoms. The smallest absolute Gasteiger partial charge is 0.182 e. The number of pyridine rings is 1. The first-order chi connectivity index (χ1) is 14.2. The molecule has 0 aliphatic heterocycles. The van der Waals surface area contributed by atoms with Crippen molar-refractivity contribution < 1.29 is 9.18 Å². The van der Waals surface area contributed by atoms with E-state index in [0.717, 1.165) is 34.8 Å². The van der Waals surface area contributed by atoms with Crippen LogP contribution in [0.2, 0.25) is 0 Å². The number of ketones is 1. The monoisotopic (exact) mass is 409 g/mol. The number of rotatable bonds is 9. The van der Waals surface area contributed by atoms with Gasteiger partial charge in [-0.15, -0.1) is 11.3 Å². The number of thiazole rings is 1. The minimum atomic E-state index is -0.377. The molecule has 0 spiro atoms. The fraction of sp³-hybridized carbons (Fsp3) is 0.238. The van der Waals surface area contributed by atoms with Crippen molar-refractivity contribution in [3.63, 3.8) is 0 Å². The third-order valence-corrected chi connectivity index (χ3v) is 5.39. The minimum Gasteiger partial charge on any atom is -0.341 e. The van der Waals surface area contributed by atoms with Crippen molar-refractivity contribution >= 4 is 28.2 Å². The first-order valence-corrected chi connectivity index (χ1v) is 10.3. The van der Waals surface area contributed by atoms with Crippen LogP contribution >= 0.6 is 11.3 Å². The number of fused-ring (bicyclic) bond motifs is 1. The molecule has 0 fully saturated rings. The highest BCUT2D eigenvalue weighted by atomic mass is 32.1. The third-order valence-electron chi connectivity index (χ3n) is 4.48. The van der Waals surface area contributed by atoms with Crippen molar-refractivity contribution in [2.45, 2.75) is 25.8 Å². The number of imidazole rings is 1. The van der Waals surface area contributed by atoms with Crippen LogP contribution in [0.15, 0.2) is 48.0 Å². The average molecular weight is 409 g/mol. The predicted octanol–water partition coefficient (Wildman–Crippen LogP) is 3.70. The van der Waals surface area contributed by atoms with Crippen molar-refractivity contribution in [2.24, 2.45) is 0 Å². The SMILES string of the molecule is O=C(CCc1ccc(F)cn1)c1csc(CCNCc2nc3ccccc3[nH]2)n1. The minimum absolute atomic E-state index is 0.0196. The van der Waals surface area contributed by atoms with Crippen LogP contribution < -0.4 is 5.32 Å². The molecule has 8 heteroatoms. The van der Waals surface area contributed by atoms with E-state index in [1.54, 1.807) is 11.4 Å². The second kappa shape index (κ2) is 9.02. The lowest BCUT2D eigenvalue weighted by molar-refractivity contribution is 0.0978. The summed E-state index contributed by atoms with van der Waals surface area (Å²) in [6, 6.07) is 10.9. The number of hydrogen-bond donors (Lipinski definition) is 2. The van der Waals surface area contributed by atoms with Crippen LogP contribution in [0.4, 0.5) is 4.39 Å². The van der Waals surface area contributed by atoms with Gasteiger partial charge in [0.25, 0.3) is 0 Å². The van der Waals surface area contributed by atoms with Gasteiger partial charge in [0.05, 0.1) is 28.8 Å². The molecule has 0 saturated carbocycles. The number of halogens is 1. The fourth-order valence-corrected chi connectivity index (χ4v) is 3.77. The molecule has 148 valence electrons. The van der Waals surface area contributed by atoms with Crippen LogP contribution in [0.5, 0.6) is 0 Å². The number of carbonyl (C=O) groups excluding carboxylic acids is 1. The highest BCUT2D eigenvalue weighted by Gasteiger charge is 2.11. The highest BCUT2D eigenvalue weighted by Crippen LogP contribution is 2.14. The summed E-state index contributed by atoms with van der Waals surface area (Å²) in [4.78, 5) is 28.6. The van der Waals surface area contributed by atoms with Crippen molar-refractivity contribution in [3.05, 3.63) is 76.0 Å². The Labute approximate surface area is 171 Å². The van der Waals surface area contributed by atoms with Crippen LogP contribution in [-0.4, -0.2) is 32.3 Å². The summed E-state index contributed by atoms with van der Waals surface area (Å²) < 4.78 is 12.9. The summed E-state index contributed by atoms with van der Waals surface area (Å²) in [7, 11) is 0. The number of nitrogens with one attached hydrogen (secondary N) is 2. The van der Waals surface area contributed by atoms with Gasteiger partial charge < -0.3 is 10.3 Å². The molecule has 3 aromatic heterocycles. The average Bonchev–Trinajstić information content (AvgIpc) is 3.37. The van der Waals surface area contributed by atoms with E-state index in [9.17, 15) is 9.18 Å². The quantitative estimate of drug-likeness (QED) is 0.325. The highest BCUT2D eigenvalue weighted by molar-refractivity contribution is 7.09. The molecule has 4 rings (SSSR count). The van der Waals surface area contributed by atoms with E-state index in [1.807, 2.05) is 24.3 Å². The van der Waals surface area contributed by atoms with Gasteiger partial charge in [0.15, 0.2) is 5.78 Å². The molecule has 6 nitrogen and oxygen atoms in total. The van der Waals surface area contributed by atoms with Crippen molar-refractivity contribution in [2.75, 3.05) is 6.54 Å². The Hall–Kier alpha value is -2.97. The summed E-state index contributed by atoms with van der Waals surface area (Å²) in [6.45, 7) is 1.40. The number of benzene rings is 1. The van der Waals surface area contributed by atoms with Crippen molar-refractivity contribution in [1.82, 2.24) is 25.3 Å². The number of aromatic amines is 1. The molecule has 4 aromatic rings. The Bertz CT molecular complexity index is 1070. The van der Waals surface area contributed by atoms with E-state index in [0.29, 0.717) is 30.8 Å². The van der Waals surface area contributed by atoms with Gasteiger partial charge in [0.2, 0.25) is 0 Å². The number of para-hydroxylation sites is 2. The van der Waals surface area contributed by atoms with E-state index in [-0.39, 0.29) is 11.6 Å². The number of Topliss-reactive ketones (excluding diaryl/α,β-unsaturated/α-hetero) is 1. The van der Waals surface area contributed by atoms with Crippen molar-refractivity contribution in [3.8, 4) is 0 Å². The zero-order valence-electron chi connectivity index (χ0n) is 15.7. The number of hydrogen-bond acceptors (Lipinski definition) is 6. The third kappa shape index (κ3) is 5.10. The molecule has 2 N–H and O–H groups in total. The second-order valence-corrected chi connectivity index (χ2v) is 7.59. The molecule has 0 aliphatic rings. The lowest BCUT2D eigenvalue weighted by atomic mass is 10.1. The van der Waals surface area contributed by atoms with E-state index in [2.05, 4.69) is 25.3 Å². The summed E-state index contributed by atoms with van der Waals surface area (Å²) in [6.07, 6.45) is 2.70. The van der Waals surface area contributed by atoms with Crippen LogP contribution in [0, 0.1) is 5.82 Å². The van der Waals surface area contributed by atoms with Crippen molar-refractivity contribution in [1.29, 1.82) is 0 Å². The summed E-state index contributed by atoms with van der Waals surface area (Å²) in [5.41, 5.74) is 3.18. The molecule has 1 aromatic carbocycles. The number of H-pyrrole nitrogens is 1. The number of nitrogens with zero attached hydrogens (tertiary/aromatic N) is 3. The molecule has 0 aliphatic carbocycles. The predicted molar refractivity (Wildman–Crippen MR) is 110 cm³/mol. The first-order valence-electron chi connectivity index (χ1n) is 9.40. The number of carbonyl (C=O) groups is 1. The van der Waals surface area contributed by atoms with Gasteiger partial charge in [-0.1, -0.05) is 12.1 Å². The largest absolute Gasteiger partial charge is 0.341 e. The summed E-state index contributed by atoms with van der Waals surface area (Å²) >= 11 is 1.49. The molecule has 0 amide bonds. The molecule has 0 saturated heterocycles. The van der Waals surface area contributed by atoms with Gasteiger partial charge in [-0.05, 0) is 30.7 Å². The van der Waals surface area contributed by atoms with Gasteiger partial charge in [-0.25, -0.2) is 14.4 Å². The van der Waals surface area contributed by atoms with E-state index < -0.39 is 0 Å². The fourth-order valence-electron chi connectivity index (χ4n) is 2.97. The summed E-state index contributed by atoms with van der Waals surface area (Å²) in [5, 5.41) is 6.07. The Morgan fingerprint density at radius 3 is 2.86 bits per heavy atom. The lowest BCUT2D eigenvalue weighted by Crippen LogP contribution is -2.17. The van der Waals surface area contributed by atoms with Crippen LogP contribution in [0.1, 0.15) is 33.4 Å². The normalized spacial score (nSPS) is 11.2. The van der Waals surface area contributed by atoms with Crippen LogP contribution in [-0.2, 0) is 19.4 Å². The lowest BCUT2D eigenvalue weighted by Gasteiger charge is -2.00. The van der Waals surface area contributed by atoms with E-state index >= 15 is 0 Å². The number of aryl methyl sites for hydroxylation is 1. The zero-order valence-corrected chi connectivity index (χ0v) is 16.5. The van der Waals surface area contributed by atoms with Gasteiger partial charge >= 0.3 is 0 Å². The number of aromatic nitrogens is 4. The van der Waals surface area contributed by atoms with Gasteiger partial charge in [0.1, 0.15) is 17.3 Å². The molecular formula is C21H20FN5OS. The molecule has 29 heavy (non-hydrogen) atoms. The van der Waals surface area contributed by atoms with Crippen LogP contribution in [0.3, 0.4) is 0 Å². The maximum atomic E-state index is 12.9. The maximum Gasteiger partial charge on any atom is 0.182 e. The van der Waals surface area contributed by atoms with Crippen LogP contribution in [0.25, 0.3) is 11.0 Å². The zero-order chi connectivity index (χ0) is 20.1. The second-order valence-electron chi connectivity index (χ2n) is 6.64. The Kier molecular flexibility index (Phi) is 6.02. The molecule has 0 unspecified atom stereocenters. The van der Waals surface area contributed by atoms with Gasteiger partial charge in [-0.2, -0.15) is 0 Å². The van der Waals surface area contributed by atoms with E-state index in [4.69, 9.17) is 0 Å². The van der Waals surface area contributed by atoms with Gasteiger partial charge in [-0.3, -0.25) is 9.78 Å². The molecule has 3 heterocycles. The topological polar surface area (TPSA) is 83.6 Å².